The molecule has 2 aromatic carbocycles. The Hall–Kier alpha value is -2.86. The molecule has 6 nitrogen and oxygen atoms in total. The molecule has 0 spiro atoms. The van der Waals surface area contributed by atoms with Crippen LogP contribution in [0, 0.1) is 6.92 Å². The number of phenolic OH excluding ortho intramolecular Hbond substituents is 1. The van der Waals surface area contributed by atoms with Crippen molar-refractivity contribution in [1.82, 2.24) is 9.97 Å². The SMILES string of the molecule is COCCCNc1nc(Nc2cc(C)ccc2O)nc2ccccc12. The van der Waals surface area contributed by atoms with Crippen LogP contribution in [0.1, 0.15) is 12.0 Å². The van der Waals surface area contributed by atoms with Crippen molar-refractivity contribution in [3.63, 3.8) is 0 Å². The zero-order chi connectivity index (χ0) is 17.6. The summed E-state index contributed by atoms with van der Waals surface area (Å²) in [6, 6.07) is 13.2. The van der Waals surface area contributed by atoms with Crippen molar-refractivity contribution in [1.29, 1.82) is 0 Å². The van der Waals surface area contributed by atoms with Gasteiger partial charge in [-0.15, -0.1) is 0 Å². The van der Waals surface area contributed by atoms with Gasteiger partial charge >= 0.3 is 0 Å². The van der Waals surface area contributed by atoms with Gasteiger partial charge in [0.15, 0.2) is 0 Å². The number of aromatic nitrogens is 2. The third kappa shape index (κ3) is 4.16. The summed E-state index contributed by atoms with van der Waals surface area (Å²) >= 11 is 0. The van der Waals surface area contributed by atoms with Crippen LogP contribution in [0.5, 0.6) is 5.75 Å². The summed E-state index contributed by atoms with van der Waals surface area (Å²) in [5.41, 5.74) is 2.46. The number of phenols is 1. The zero-order valence-corrected chi connectivity index (χ0v) is 14.4. The highest BCUT2D eigenvalue weighted by Gasteiger charge is 2.09. The van der Waals surface area contributed by atoms with E-state index >= 15 is 0 Å². The third-order valence-electron chi connectivity index (χ3n) is 3.82. The van der Waals surface area contributed by atoms with Gasteiger partial charge in [0, 0.05) is 25.6 Å². The van der Waals surface area contributed by atoms with Gasteiger partial charge in [0.25, 0.3) is 0 Å². The van der Waals surface area contributed by atoms with E-state index in [2.05, 4.69) is 20.6 Å². The largest absolute Gasteiger partial charge is 0.506 e. The first-order valence-electron chi connectivity index (χ1n) is 8.23. The lowest BCUT2D eigenvalue weighted by molar-refractivity contribution is 0.198. The lowest BCUT2D eigenvalue weighted by Crippen LogP contribution is -2.08. The van der Waals surface area contributed by atoms with Crippen LogP contribution < -0.4 is 10.6 Å². The Labute approximate surface area is 146 Å². The number of methoxy groups -OCH3 is 1. The molecule has 3 aromatic rings. The van der Waals surface area contributed by atoms with Gasteiger partial charge in [-0.3, -0.25) is 0 Å². The van der Waals surface area contributed by atoms with Crippen molar-refractivity contribution in [3.8, 4) is 5.75 Å². The van der Waals surface area contributed by atoms with Gasteiger partial charge in [-0.1, -0.05) is 18.2 Å². The Bertz CT molecular complexity index is 867. The number of ether oxygens (including phenoxy) is 1. The van der Waals surface area contributed by atoms with E-state index in [1.165, 1.54) is 0 Å². The number of aryl methyl sites for hydroxylation is 1. The van der Waals surface area contributed by atoms with E-state index in [-0.39, 0.29) is 5.75 Å². The Morgan fingerprint density at radius 3 is 2.80 bits per heavy atom. The maximum absolute atomic E-state index is 10.0. The van der Waals surface area contributed by atoms with Crippen LogP contribution in [-0.2, 0) is 4.74 Å². The van der Waals surface area contributed by atoms with Crippen molar-refractivity contribution in [3.05, 3.63) is 48.0 Å². The molecule has 0 aliphatic carbocycles. The smallest absolute Gasteiger partial charge is 0.229 e. The number of aromatic hydroxyl groups is 1. The predicted molar refractivity (Wildman–Crippen MR) is 101 cm³/mol. The quantitative estimate of drug-likeness (QED) is 0.449. The van der Waals surface area contributed by atoms with Crippen LogP contribution in [0.15, 0.2) is 42.5 Å². The molecule has 0 aliphatic heterocycles. The van der Waals surface area contributed by atoms with Crippen LogP contribution in [-0.4, -0.2) is 35.3 Å². The van der Waals surface area contributed by atoms with Crippen LogP contribution in [0.4, 0.5) is 17.5 Å². The highest BCUT2D eigenvalue weighted by Crippen LogP contribution is 2.28. The minimum absolute atomic E-state index is 0.164. The fraction of sp³-hybridized carbons (Fsp3) is 0.263. The molecular formula is C19H22N4O2. The number of nitrogens with zero attached hydrogens (tertiary/aromatic N) is 2. The number of hydrogen-bond acceptors (Lipinski definition) is 6. The number of anilines is 3. The summed E-state index contributed by atoms with van der Waals surface area (Å²) in [5.74, 6) is 1.36. The summed E-state index contributed by atoms with van der Waals surface area (Å²) in [6.07, 6.45) is 0.885. The van der Waals surface area contributed by atoms with Gasteiger partial charge in [0.05, 0.1) is 11.2 Å². The molecule has 1 aromatic heterocycles. The molecule has 1 heterocycles. The molecule has 0 unspecified atom stereocenters. The number of fused-ring (bicyclic) bond motifs is 1. The summed E-state index contributed by atoms with van der Waals surface area (Å²) in [6.45, 7) is 3.41. The minimum atomic E-state index is 0.164. The average Bonchev–Trinajstić information content (AvgIpc) is 2.62. The van der Waals surface area contributed by atoms with Gasteiger partial charge in [-0.2, -0.15) is 4.98 Å². The second-order valence-electron chi connectivity index (χ2n) is 5.83. The van der Waals surface area contributed by atoms with Gasteiger partial charge in [0.2, 0.25) is 5.95 Å². The van der Waals surface area contributed by atoms with Gasteiger partial charge in [-0.25, -0.2) is 4.98 Å². The predicted octanol–water partition coefficient (Wildman–Crippen LogP) is 3.84. The average molecular weight is 338 g/mol. The minimum Gasteiger partial charge on any atom is -0.506 e. The Morgan fingerprint density at radius 2 is 1.96 bits per heavy atom. The molecule has 0 saturated carbocycles. The number of rotatable bonds is 7. The maximum Gasteiger partial charge on any atom is 0.229 e. The fourth-order valence-corrected chi connectivity index (χ4v) is 2.56. The first-order valence-corrected chi connectivity index (χ1v) is 8.23. The summed E-state index contributed by atoms with van der Waals surface area (Å²) < 4.78 is 5.08. The van der Waals surface area contributed by atoms with Gasteiger partial charge in [-0.05, 0) is 43.2 Å². The topological polar surface area (TPSA) is 79.3 Å². The van der Waals surface area contributed by atoms with Crippen LogP contribution in [0.3, 0.4) is 0 Å². The molecule has 0 saturated heterocycles. The molecule has 3 N–H and O–H groups in total. The van der Waals surface area contributed by atoms with Crippen molar-refractivity contribution in [2.24, 2.45) is 0 Å². The lowest BCUT2D eigenvalue weighted by Gasteiger charge is -2.12. The van der Waals surface area contributed by atoms with Crippen molar-refractivity contribution < 1.29 is 9.84 Å². The number of nitrogens with one attached hydrogen (secondary N) is 2. The highest BCUT2D eigenvalue weighted by atomic mass is 16.5. The Balaban J connectivity index is 1.91. The van der Waals surface area contributed by atoms with Crippen molar-refractivity contribution >= 4 is 28.4 Å². The molecule has 0 bridgehead atoms. The van der Waals surface area contributed by atoms with Crippen molar-refractivity contribution in [2.75, 3.05) is 30.9 Å². The van der Waals surface area contributed by atoms with Crippen molar-refractivity contribution in [2.45, 2.75) is 13.3 Å². The van der Waals surface area contributed by atoms with E-state index < -0.39 is 0 Å². The second-order valence-corrected chi connectivity index (χ2v) is 5.83. The van der Waals surface area contributed by atoms with E-state index in [0.29, 0.717) is 18.2 Å². The number of para-hydroxylation sites is 1. The van der Waals surface area contributed by atoms with Crippen LogP contribution in [0.25, 0.3) is 10.9 Å². The first-order chi connectivity index (χ1) is 12.2. The zero-order valence-electron chi connectivity index (χ0n) is 14.4. The van der Waals surface area contributed by atoms with Gasteiger partial charge in [0.1, 0.15) is 11.6 Å². The van der Waals surface area contributed by atoms with Crippen LogP contribution in [0.2, 0.25) is 0 Å². The molecule has 0 fully saturated rings. The normalized spacial score (nSPS) is 10.8. The lowest BCUT2D eigenvalue weighted by atomic mass is 10.2. The fourth-order valence-electron chi connectivity index (χ4n) is 2.56. The molecule has 25 heavy (non-hydrogen) atoms. The van der Waals surface area contributed by atoms with E-state index in [9.17, 15) is 5.11 Å². The molecule has 3 rings (SSSR count). The molecule has 6 heteroatoms. The number of benzene rings is 2. The summed E-state index contributed by atoms with van der Waals surface area (Å²) in [7, 11) is 1.69. The highest BCUT2D eigenvalue weighted by molar-refractivity contribution is 5.90. The molecule has 0 atom stereocenters. The number of hydrogen-bond donors (Lipinski definition) is 3. The van der Waals surface area contributed by atoms with E-state index in [0.717, 1.165) is 35.2 Å². The molecule has 130 valence electrons. The van der Waals surface area contributed by atoms with Crippen LogP contribution >= 0.6 is 0 Å². The Kier molecular flexibility index (Phi) is 5.30. The van der Waals surface area contributed by atoms with Gasteiger partial charge < -0.3 is 20.5 Å². The second kappa shape index (κ2) is 7.81. The molecule has 0 aliphatic rings. The molecule has 0 radical (unpaired) electrons. The Morgan fingerprint density at radius 1 is 1.12 bits per heavy atom. The summed E-state index contributed by atoms with van der Waals surface area (Å²) in [5, 5.41) is 17.4. The molecule has 0 amide bonds. The third-order valence-corrected chi connectivity index (χ3v) is 3.82. The first kappa shape index (κ1) is 17.0. The molecular weight excluding hydrogens is 316 g/mol. The standard InChI is InChI=1S/C19H22N4O2/c1-13-8-9-17(24)16(12-13)22-19-21-15-7-4-3-6-14(15)18(23-19)20-10-5-11-25-2/h3-4,6-9,12,24H,5,10-11H2,1-2H3,(H2,20,21,22,23). The van der Waals surface area contributed by atoms with E-state index in [1.54, 1.807) is 13.2 Å². The summed E-state index contributed by atoms with van der Waals surface area (Å²) in [4.78, 5) is 9.13. The van der Waals surface area contributed by atoms with E-state index in [1.807, 2.05) is 43.3 Å². The monoisotopic (exact) mass is 338 g/mol. The van der Waals surface area contributed by atoms with E-state index in [4.69, 9.17) is 4.74 Å². The maximum atomic E-state index is 10.0.